The third kappa shape index (κ3) is 5.18. The quantitative estimate of drug-likeness (QED) is 0.733. The van der Waals surface area contributed by atoms with Gasteiger partial charge in [-0.3, -0.25) is 4.99 Å². The molecule has 1 atom stereocenters. The van der Waals surface area contributed by atoms with E-state index in [2.05, 4.69) is 31.1 Å². The first-order valence-corrected chi connectivity index (χ1v) is 6.86. The molecule has 0 radical (unpaired) electrons. The van der Waals surface area contributed by atoms with Gasteiger partial charge in [0.2, 0.25) is 0 Å². The Hall–Kier alpha value is -0.500. The van der Waals surface area contributed by atoms with Crippen LogP contribution in [0, 0.1) is 0 Å². The lowest BCUT2D eigenvalue weighted by molar-refractivity contribution is 0.223. The average molecular weight is 440 g/mol. The highest BCUT2D eigenvalue weighted by Crippen LogP contribution is 2.18. The fraction of sp³-hybridized carbons (Fsp3) is 0.462. The van der Waals surface area contributed by atoms with Gasteiger partial charge in [-0.05, 0) is 25.1 Å². The minimum atomic E-state index is 0. The van der Waals surface area contributed by atoms with E-state index in [1.54, 1.807) is 0 Å². The number of likely N-dealkylation sites (N-methyl/N-ethyl adjacent to an activating group) is 1. The van der Waals surface area contributed by atoms with Crippen molar-refractivity contribution in [3.63, 3.8) is 0 Å². The highest BCUT2D eigenvalue weighted by molar-refractivity contribution is 14.0. The fourth-order valence-electron chi connectivity index (χ4n) is 1.77. The first-order chi connectivity index (χ1) is 8.65. The minimum Gasteiger partial charge on any atom is -0.489 e. The zero-order chi connectivity index (χ0) is 13.0. The van der Waals surface area contributed by atoms with Gasteiger partial charge in [-0.15, -0.1) is 24.0 Å². The van der Waals surface area contributed by atoms with Crippen molar-refractivity contribution in [2.75, 3.05) is 26.7 Å². The predicted molar refractivity (Wildman–Crippen MR) is 92.6 cm³/mol. The van der Waals surface area contributed by atoms with E-state index in [4.69, 9.17) is 4.74 Å². The zero-order valence-electron chi connectivity index (χ0n) is 11.1. The Morgan fingerprint density at radius 1 is 1.53 bits per heavy atom. The van der Waals surface area contributed by atoms with Gasteiger partial charge in [-0.2, -0.15) is 0 Å². The van der Waals surface area contributed by atoms with Crippen LogP contribution in [0.2, 0.25) is 0 Å². The van der Waals surface area contributed by atoms with E-state index in [0.717, 1.165) is 35.8 Å². The number of nitrogens with one attached hydrogen (secondary N) is 1. The molecule has 1 aliphatic heterocycles. The molecule has 1 unspecified atom stereocenters. The van der Waals surface area contributed by atoms with Crippen molar-refractivity contribution in [2.45, 2.75) is 13.0 Å². The molecule has 0 aromatic heterocycles. The monoisotopic (exact) mass is 439 g/mol. The minimum absolute atomic E-state index is 0. The number of guanidine groups is 1. The molecule has 1 aromatic carbocycles. The maximum atomic E-state index is 5.82. The second kappa shape index (κ2) is 7.94. The van der Waals surface area contributed by atoms with E-state index < -0.39 is 0 Å². The zero-order valence-corrected chi connectivity index (χ0v) is 15.0. The molecule has 19 heavy (non-hydrogen) atoms. The largest absolute Gasteiger partial charge is 0.489 e. The molecule has 6 heteroatoms. The standard InChI is InChI=1S/C13H18BrN3O.HI/c1-10(9-16-13-15-6-7-17(13)2)18-12-5-3-4-11(14)8-12;/h3-5,8,10H,6-7,9H2,1-2H3,(H,15,16);1H. The molecule has 0 spiro atoms. The van der Waals surface area contributed by atoms with Crippen molar-refractivity contribution >= 4 is 45.9 Å². The van der Waals surface area contributed by atoms with Crippen molar-refractivity contribution in [3.8, 4) is 5.75 Å². The Kier molecular flexibility index (Phi) is 6.92. The molecule has 0 amide bonds. The van der Waals surface area contributed by atoms with E-state index in [0.29, 0.717) is 0 Å². The summed E-state index contributed by atoms with van der Waals surface area (Å²) in [6.07, 6.45) is 0.0935. The summed E-state index contributed by atoms with van der Waals surface area (Å²) in [7, 11) is 2.04. The van der Waals surface area contributed by atoms with Gasteiger partial charge in [-0.1, -0.05) is 22.0 Å². The molecule has 0 saturated carbocycles. The molecule has 1 aromatic rings. The summed E-state index contributed by atoms with van der Waals surface area (Å²) in [5.41, 5.74) is 0. The molecule has 2 rings (SSSR count). The Balaban J connectivity index is 0.00000180. The van der Waals surface area contributed by atoms with Gasteiger partial charge in [-0.25, -0.2) is 0 Å². The molecule has 1 aliphatic rings. The van der Waals surface area contributed by atoms with Crippen molar-refractivity contribution in [3.05, 3.63) is 28.7 Å². The summed E-state index contributed by atoms with van der Waals surface area (Å²) >= 11 is 3.43. The molecule has 4 nitrogen and oxygen atoms in total. The van der Waals surface area contributed by atoms with Crippen LogP contribution in [0.1, 0.15) is 6.92 Å². The van der Waals surface area contributed by atoms with Gasteiger partial charge in [0, 0.05) is 18.1 Å². The van der Waals surface area contributed by atoms with Crippen molar-refractivity contribution < 1.29 is 4.74 Å². The first-order valence-electron chi connectivity index (χ1n) is 6.07. The molecule has 0 saturated heterocycles. The van der Waals surface area contributed by atoms with Crippen LogP contribution in [0.25, 0.3) is 0 Å². The second-order valence-electron chi connectivity index (χ2n) is 4.39. The highest BCUT2D eigenvalue weighted by Gasteiger charge is 2.13. The summed E-state index contributed by atoms with van der Waals surface area (Å²) in [6, 6.07) is 7.88. The van der Waals surface area contributed by atoms with Gasteiger partial charge in [0.15, 0.2) is 5.96 Å². The van der Waals surface area contributed by atoms with Crippen LogP contribution >= 0.6 is 39.9 Å². The number of nitrogens with zero attached hydrogens (tertiary/aromatic N) is 2. The third-order valence-corrected chi connectivity index (χ3v) is 3.23. The first kappa shape index (κ1) is 16.6. The lowest BCUT2D eigenvalue weighted by Crippen LogP contribution is -2.40. The maximum Gasteiger partial charge on any atom is 0.193 e. The van der Waals surface area contributed by atoms with Crippen molar-refractivity contribution in [1.29, 1.82) is 0 Å². The summed E-state index contributed by atoms with van der Waals surface area (Å²) in [6.45, 7) is 4.65. The van der Waals surface area contributed by atoms with Crippen LogP contribution in [0.3, 0.4) is 0 Å². The third-order valence-electron chi connectivity index (χ3n) is 2.74. The van der Waals surface area contributed by atoms with Gasteiger partial charge < -0.3 is 15.0 Å². The van der Waals surface area contributed by atoms with Gasteiger partial charge in [0.1, 0.15) is 11.9 Å². The normalized spacial score (nSPS) is 15.5. The highest BCUT2D eigenvalue weighted by atomic mass is 127. The second-order valence-corrected chi connectivity index (χ2v) is 5.31. The van der Waals surface area contributed by atoms with E-state index in [1.165, 1.54) is 0 Å². The Labute approximate surface area is 139 Å². The number of hydrogen-bond acceptors (Lipinski definition) is 4. The van der Waals surface area contributed by atoms with Crippen LogP contribution in [-0.4, -0.2) is 43.6 Å². The summed E-state index contributed by atoms with van der Waals surface area (Å²) in [4.78, 5) is 6.50. The topological polar surface area (TPSA) is 36.9 Å². The number of hydrogen-bond donors (Lipinski definition) is 1. The number of halogens is 2. The van der Waals surface area contributed by atoms with Crippen LogP contribution in [0.4, 0.5) is 0 Å². The molecule has 1 heterocycles. The number of benzene rings is 1. The van der Waals surface area contributed by atoms with E-state index >= 15 is 0 Å². The number of aliphatic imine (C=N–C) groups is 1. The Morgan fingerprint density at radius 2 is 2.32 bits per heavy atom. The van der Waals surface area contributed by atoms with Crippen LogP contribution < -0.4 is 10.1 Å². The Morgan fingerprint density at radius 3 is 2.95 bits per heavy atom. The van der Waals surface area contributed by atoms with Gasteiger partial charge in [0.05, 0.1) is 13.1 Å². The predicted octanol–water partition coefficient (Wildman–Crippen LogP) is 2.73. The molecule has 0 aliphatic carbocycles. The van der Waals surface area contributed by atoms with E-state index in [-0.39, 0.29) is 30.1 Å². The molecular formula is C13H19BrIN3O. The maximum absolute atomic E-state index is 5.82. The average Bonchev–Trinajstić information content (AvgIpc) is 2.72. The summed E-state index contributed by atoms with van der Waals surface area (Å²) in [5, 5.41) is 3.31. The SMILES string of the molecule is CC(CNC1=NCCN1C)Oc1cccc(Br)c1.I. The molecule has 0 bridgehead atoms. The molecular weight excluding hydrogens is 421 g/mol. The molecule has 1 N–H and O–H groups in total. The van der Waals surface area contributed by atoms with Crippen LogP contribution in [0.15, 0.2) is 33.7 Å². The van der Waals surface area contributed by atoms with E-state index in [1.807, 2.05) is 38.2 Å². The van der Waals surface area contributed by atoms with Gasteiger partial charge in [0.25, 0.3) is 0 Å². The number of rotatable bonds is 4. The van der Waals surface area contributed by atoms with Crippen molar-refractivity contribution in [2.24, 2.45) is 4.99 Å². The smallest absolute Gasteiger partial charge is 0.193 e. The lowest BCUT2D eigenvalue weighted by Gasteiger charge is -2.19. The van der Waals surface area contributed by atoms with Gasteiger partial charge >= 0.3 is 0 Å². The van der Waals surface area contributed by atoms with Crippen LogP contribution in [-0.2, 0) is 0 Å². The number of ether oxygens (including phenoxy) is 1. The van der Waals surface area contributed by atoms with Crippen LogP contribution in [0.5, 0.6) is 5.75 Å². The van der Waals surface area contributed by atoms with E-state index in [9.17, 15) is 0 Å². The lowest BCUT2D eigenvalue weighted by atomic mass is 10.3. The molecule has 106 valence electrons. The fourth-order valence-corrected chi connectivity index (χ4v) is 2.15. The summed E-state index contributed by atoms with van der Waals surface area (Å²) in [5.74, 6) is 1.83. The Bertz CT molecular complexity index is 442. The van der Waals surface area contributed by atoms with Crippen molar-refractivity contribution in [1.82, 2.24) is 10.2 Å². The summed E-state index contributed by atoms with van der Waals surface area (Å²) < 4.78 is 6.85. The molecule has 0 fully saturated rings.